The second kappa shape index (κ2) is 3.58. The number of benzene rings is 1. The van der Waals surface area contributed by atoms with Gasteiger partial charge in [-0.1, -0.05) is 30.3 Å². The van der Waals surface area contributed by atoms with Gasteiger partial charge in [0.05, 0.1) is 6.61 Å². The minimum atomic E-state index is -3.38. The SMILES string of the molecule is O=P1(Cl)OCC2(CC2)C(c2ccccc2)O1. The van der Waals surface area contributed by atoms with E-state index in [2.05, 4.69) is 0 Å². The predicted octanol–water partition coefficient (Wildman–Crippen LogP) is 3.90. The van der Waals surface area contributed by atoms with E-state index in [1.165, 1.54) is 0 Å². The van der Waals surface area contributed by atoms with Gasteiger partial charge in [-0.25, -0.2) is 4.57 Å². The summed E-state index contributed by atoms with van der Waals surface area (Å²) in [5.41, 5.74) is 1.04. The van der Waals surface area contributed by atoms with Crippen LogP contribution in [0, 0.1) is 5.41 Å². The van der Waals surface area contributed by atoms with Crippen LogP contribution in [0.4, 0.5) is 0 Å². The number of rotatable bonds is 1. The summed E-state index contributed by atoms with van der Waals surface area (Å²) in [6.07, 6.45) is 1.90. The molecular weight excluding hydrogens is 247 g/mol. The van der Waals surface area contributed by atoms with E-state index in [9.17, 15) is 4.57 Å². The third kappa shape index (κ3) is 1.82. The maximum atomic E-state index is 11.7. The molecule has 2 fully saturated rings. The van der Waals surface area contributed by atoms with E-state index in [1.807, 2.05) is 30.3 Å². The third-order valence-corrected chi connectivity index (χ3v) is 4.72. The average molecular weight is 259 g/mol. The molecule has 5 heteroatoms. The quantitative estimate of drug-likeness (QED) is 0.717. The molecule has 86 valence electrons. The maximum Gasteiger partial charge on any atom is 0.424 e. The fourth-order valence-corrected chi connectivity index (χ4v) is 3.61. The van der Waals surface area contributed by atoms with Crippen LogP contribution in [0.15, 0.2) is 30.3 Å². The molecule has 1 aromatic carbocycles. The first kappa shape index (κ1) is 10.8. The molecule has 1 aromatic rings. The van der Waals surface area contributed by atoms with E-state index in [0.29, 0.717) is 6.61 Å². The van der Waals surface area contributed by atoms with Crippen LogP contribution < -0.4 is 0 Å². The van der Waals surface area contributed by atoms with Crippen LogP contribution >= 0.6 is 18.2 Å². The van der Waals surface area contributed by atoms with Gasteiger partial charge in [0.1, 0.15) is 6.10 Å². The van der Waals surface area contributed by atoms with Crippen molar-refractivity contribution >= 4 is 18.2 Å². The standard InChI is InChI=1S/C11H12ClO3P/c12-16(13)14-8-11(6-7-11)10(15-16)9-4-2-1-3-5-9/h1-5,10H,6-8H2. The van der Waals surface area contributed by atoms with Crippen molar-refractivity contribution < 1.29 is 13.6 Å². The fourth-order valence-electron chi connectivity index (χ4n) is 2.16. The lowest BCUT2D eigenvalue weighted by Gasteiger charge is -2.34. The van der Waals surface area contributed by atoms with E-state index in [-0.39, 0.29) is 11.5 Å². The van der Waals surface area contributed by atoms with Gasteiger partial charge in [-0.3, -0.25) is 9.05 Å². The van der Waals surface area contributed by atoms with Crippen LogP contribution in [0.3, 0.4) is 0 Å². The Morgan fingerprint density at radius 2 is 2.00 bits per heavy atom. The molecule has 1 saturated carbocycles. The first-order chi connectivity index (χ1) is 7.61. The van der Waals surface area contributed by atoms with Crippen molar-refractivity contribution in [2.45, 2.75) is 18.9 Å². The zero-order valence-electron chi connectivity index (χ0n) is 8.64. The summed E-state index contributed by atoms with van der Waals surface area (Å²) < 4.78 is 22.2. The second-order valence-electron chi connectivity index (χ2n) is 4.46. The van der Waals surface area contributed by atoms with Crippen LogP contribution in [0.2, 0.25) is 0 Å². The minimum absolute atomic E-state index is 0.00412. The van der Waals surface area contributed by atoms with Crippen molar-refractivity contribution in [3.63, 3.8) is 0 Å². The summed E-state index contributed by atoms with van der Waals surface area (Å²) in [6.45, 7) is -2.94. The summed E-state index contributed by atoms with van der Waals surface area (Å²) in [4.78, 5) is 0. The smallest absolute Gasteiger partial charge is 0.296 e. The van der Waals surface area contributed by atoms with Gasteiger partial charge in [-0.2, -0.15) is 0 Å². The molecule has 0 amide bonds. The molecule has 1 spiro atoms. The van der Waals surface area contributed by atoms with Gasteiger partial charge in [-0.05, 0) is 18.4 Å². The molecule has 1 saturated heterocycles. The van der Waals surface area contributed by atoms with E-state index < -0.39 is 6.95 Å². The lowest BCUT2D eigenvalue weighted by molar-refractivity contribution is 0.0180. The van der Waals surface area contributed by atoms with Crippen LogP contribution in [0.1, 0.15) is 24.5 Å². The summed E-state index contributed by atoms with van der Waals surface area (Å²) in [5, 5.41) is 0. The van der Waals surface area contributed by atoms with Crippen LogP contribution in [0.25, 0.3) is 0 Å². The van der Waals surface area contributed by atoms with E-state index >= 15 is 0 Å². The Labute approximate surface area is 99.0 Å². The Bertz CT molecular complexity index is 444. The van der Waals surface area contributed by atoms with E-state index in [4.69, 9.17) is 20.3 Å². The van der Waals surface area contributed by atoms with E-state index in [0.717, 1.165) is 18.4 Å². The van der Waals surface area contributed by atoms with Gasteiger partial charge in [0, 0.05) is 16.7 Å². The summed E-state index contributed by atoms with van der Waals surface area (Å²) in [6, 6.07) is 9.80. The number of hydrogen-bond acceptors (Lipinski definition) is 3. The number of hydrogen-bond donors (Lipinski definition) is 0. The van der Waals surface area contributed by atoms with Crippen LogP contribution in [-0.4, -0.2) is 6.61 Å². The van der Waals surface area contributed by atoms with Gasteiger partial charge >= 0.3 is 6.95 Å². The molecule has 0 N–H and O–H groups in total. The molecule has 2 aliphatic rings. The Hall–Kier alpha value is -0.340. The predicted molar refractivity (Wildman–Crippen MR) is 61.3 cm³/mol. The highest BCUT2D eigenvalue weighted by molar-refractivity contribution is 7.81. The Kier molecular flexibility index (Phi) is 2.41. The normalized spacial score (nSPS) is 36.2. The molecule has 2 unspecified atom stereocenters. The highest BCUT2D eigenvalue weighted by Crippen LogP contribution is 2.70. The first-order valence-electron chi connectivity index (χ1n) is 5.29. The summed E-state index contributed by atoms with van der Waals surface area (Å²) in [7, 11) is 0. The van der Waals surface area contributed by atoms with Crippen molar-refractivity contribution in [3.8, 4) is 0 Å². The average Bonchev–Trinajstić information content (AvgIpc) is 3.05. The second-order valence-corrected chi connectivity index (χ2v) is 7.03. The Morgan fingerprint density at radius 1 is 1.31 bits per heavy atom. The lowest BCUT2D eigenvalue weighted by atomic mass is 9.94. The van der Waals surface area contributed by atoms with Gasteiger partial charge in [0.2, 0.25) is 0 Å². The summed E-state index contributed by atoms with van der Waals surface area (Å²) >= 11 is 5.68. The summed E-state index contributed by atoms with van der Waals surface area (Å²) in [5.74, 6) is 0. The highest BCUT2D eigenvalue weighted by atomic mass is 35.7. The molecule has 1 aliphatic heterocycles. The van der Waals surface area contributed by atoms with Crippen LogP contribution in [0.5, 0.6) is 0 Å². The fraction of sp³-hybridized carbons (Fsp3) is 0.455. The van der Waals surface area contributed by atoms with Crippen molar-refractivity contribution in [2.24, 2.45) is 5.41 Å². The zero-order valence-corrected chi connectivity index (χ0v) is 10.3. The van der Waals surface area contributed by atoms with Gasteiger partial charge in [0.15, 0.2) is 0 Å². The van der Waals surface area contributed by atoms with Crippen molar-refractivity contribution in [1.82, 2.24) is 0 Å². The monoisotopic (exact) mass is 258 g/mol. The topological polar surface area (TPSA) is 35.5 Å². The molecular formula is C11H12ClO3P. The molecule has 16 heavy (non-hydrogen) atoms. The maximum absolute atomic E-state index is 11.7. The largest absolute Gasteiger partial charge is 0.424 e. The first-order valence-corrected chi connectivity index (χ1v) is 7.74. The zero-order chi connectivity index (χ0) is 11.2. The molecule has 0 radical (unpaired) electrons. The molecule has 0 bridgehead atoms. The molecule has 3 nitrogen and oxygen atoms in total. The van der Waals surface area contributed by atoms with Gasteiger partial charge in [-0.15, -0.1) is 0 Å². The Balaban J connectivity index is 1.95. The van der Waals surface area contributed by atoms with Crippen molar-refractivity contribution in [3.05, 3.63) is 35.9 Å². The van der Waals surface area contributed by atoms with Crippen LogP contribution in [-0.2, 0) is 13.6 Å². The molecule has 3 rings (SSSR count). The number of halogens is 1. The van der Waals surface area contributed by atoms with Crippen molar-refractivity contribution in [2.75, 3.05) is 6.61 Å². The van der Waals surface area contributed by atoms with E-state index in [1.54, 1.807) is 0 Å². The van der Waals surface area contributed by atoms with Gasteiger partial charge in [0.25, 0.3) is 0 Å². The minimum Gasteiger partial charge on any atom is -0.296 e. The molecule has 2 atom stereocenters. The molecule has 1 heterocycles. The highest BCUT2D eigenvalue weighted by Gasteiger charge is 2.57. The lowest BCUT2D eigenvalue weighted by Crippen LogP contribution is -2.25. The third-order valence-electron chi connectivity index (χ3n) is 3.29. The molecule has 1 aliphatic carbocycles. The van der Waals surface area contributed by atoms with Crippen molar-refractivity contribution in [1.29, 1.82) is 0 Å². The Morgan fingerprint density at radius 3 is 2.62 bits per heavy atom. The molecule has 0 aromatic heterocycles. The van der Waals surface area contributed by atoms with Gasteiger partial charge < -0.3 is 0 Å².